The second-order valence-corrected chi connectivity index (χ2v) is 3.87. The first-order chi connectivity index (χ1) is 8.02. The fourth-order valence-corrected chi connectivity index (χ4v) is 2.05. The number of hydrogen-bond acceptors (Lipinski definition) is 6. The Labute approximate surface area is 96.0 Å². The van der Waals surface area contributed by atoms with E-state index in [4.69, 9.17) is 15.2 Å². The van der Waals surface area contributed by atoms with Crippen molar-refractivity contribution in [2.45, 2.75) is 19.1 Å². The van der Waals surface area contributed by atoms with Crippen LogP contribution in [0.25, 0.3) is 0 Å². The number of aliphatic imine (C=N–C) groups is 1. The van der Waals surface area contributed by atoms with Crippen LogP contribution in [0.5, 0.6) is 0 Å². The van der Waals surface area contributed by atoms with Crippen molar-refractivity contribution >= 4 is 11.5 Å². The van der Waals surface area contributed by atoms with Gasteiger partial charge in [0.2, 0.25) is 0 Å². The minimum Gasteiger partial charge on any atom is -0.383 e. The van der Waals surface area contributed by atoms with Gasteiger partial charge >= 0.3 is 5.91 Å². The van der Waals surface area contributed by atoms with Crippen molar-refractivity contribution in [2.75, 3.05) is 0 Å². The quantitative estimate of drug-likeness (QED) is 0.573. The van der Waals surface area contributed by atoms with Crippen LogP contribution >= 0.6 is 0 Å². The first-order valence-corrected chi connectivity index (χ1v) is 5.02. The van der Waals surface area contributed by atoms with E-state index >= 15 is 0 Å². The number of amidine groups is 1. The summed E-state index contributed by atoms with van der Waals surface area (Å²) in [5, 5.41) is 10.7. The van der Waals surface area contributed by atoms with Gasteiger partial charge in [0.15, 0.2) is 6.29 Å². The molecule has 88 valence electrons. The lowest BCUT2D eigenvalue weighted by molar-refractivity contribution is -0.451. The summed E-state index contributed by atoms with van der Waals surface area (Å²) in [7, 11) is 0. The minimum absolute atomic E-state index is 0.0358. The number of nitrogens with two attached hydrogens (primary N) is 1. The maximum atomic E-state index is 10.7. The standard InChI is InChI=1S/C10H9N3O4/c1-5-16-10(17-5)8-3-2-6(13(14)15)4-7(8)9(11)12-10/h2-5H,1H3,(H2,11,12). The molecule has 7 nitrogen and oxygen atoms in total. The molecule has 1 spiro atoms. The molecule has 0 saturated carbocycles. The topological polar surface area (TPSA) is 100.0 Å². The molecule has 1 aromatic rings. The van der Waals surface area contributed by atoms with Crippen LogP contribution in [0, 0.1) is 10.1 Å². The number of fused-ring (bicyclic) bond motifs is 2. The van der Waals surface area contributed by atoms with E-state index in [0.717, 1.165) is 0 Å². The summed E-state index contributed by atoms with van der Waals surface area (Å²) in [6.45, 7) is 1.74. The number of rotatable bonds is 1. The van der Waals surface area contributed by atoms with Gasteiger partial charge in [-0.05, 0) is 13.0 Å². The van der Waals surface area contributed by atoms with E-state index in [2.05, 4.69) is 4.99 Å². The van der Waals surface area contributed by atoms with Crippen molar-refractivity contribution in [1.82, 2.24) is 0 Å². The molecule has 0 aromatic heterocycles. The molecule has 1 saturated heterocycles. The van der Waals surface area contributed by atoms with Gasteiger partial charge in [0, 0.05) is 23.3 Å². The van der Waals surface area contributed by atoms with E-state index in [1.54, 1.807) is 13.0 Å². The summed E-state index contributed by atoms with van der Waals surface area (Å²) in [6.07, 6.45) is -0.354. The van der Waals surface area contributed by atoms with Gasteiger partial charge in [-0.15, -0.1) is 0 Å². The maximum absolute atomic E-state index is 10.7. The Balaban J connectivity index is 2.10. The van der Waals surface area contributed by atoms with Crippen molar-refractivity contribution in [3.05, 3.63) is 39.4 Å². The predicted molar refractivity (Wildman–Crippen MR) is 57.1 cm³/mol. The highest BCUT2D eigenvalue weighted by Crippen LogP contribution is 2.45. The summed E-state index contributed by atoms with van der Waals surface area (Å²) in [5.74, 6) is -0.996. The summed E-state index contributed by atoms with van der Waals surface area (Å²) in [4.78, 5) is 14.3. The van der Waals surface area contributed by atoms with Gasteiger partial charge in [0.1, 0.15) is 5.84 Å². The molecule has 3 rings (SSSR count). The van der Waals surface area contributed by atoms with Crippen molar-refractivity contribution in [3.8, 4) is 0 Å². The number of nitro benzene ring substituents is 1. The highest BCUT2D eigenvalue weighted by molar-refractivity contribution is 6.02. The van der Waals surface area contributed by atoms with E-state index in [1.165, 1.54) is 12.1 Å². The van der Waals surface area contributed by atoms with E-state index < -0.39 is 10.8 Å². The Bertz CT molecular complexity index is 548. The summed E-state index contributed by atoms with van der Waals surface area (Å²) < 4.78 is 10.9. The van der Waals surface area contributed by atoms with Gasteiger partial charge in [-0.1, -0.05) is 0 Å². The van der Waals surface area contributed by atoms with Crippen LogP contribution in [0.2, 0.25) is 0 Å². The Kier molecular flexibility index (Phi) is 1.81. The molecule has 0 atom stereocenters. The molecule has 1 fully saturated rings. The van der Waals surface area contributed by atoms with Gasteiger partial charge in [-0.25, -0.2) is 4.99 Å². The highest BCUT2D eigenvalue weighted by Gasteiger charge is 2.52. The minimum atomic E-state index is -1.19. The normalized spacial score (nSPS) is 29.7. The zero-order valence-electron chi connectivity index (χ0n) is 8.91. The smallest absolute Gasteiger partial charge is 0.304 e. The fourth-order valence-electron chi connectivity index (χ4n) is 2.05. The summed E-state index contributed by atoms with van der Waals surface area (Å²) in [6, 6.07) is 4.31. The third kappa shape index (κ3) is 1.26. The van der Waals surface area contributed by atoms with Crippen LogP contribution in [0.4, 0.5) is 5.69 Å². The molecule has 0 unspecified atom stereocenters. The lowest BCUT2D eigenvalue weighted by Crippen LogP contribution is -2.47. The number of non-ortho nitro benzene ring substituents is 1. The Morgan fingerprint density at radius 3 is 2.82 bits per heavy atom. The largest absolute Gasteiger partial charge is 0.383 e. The number of hydrogen-bond donors (Lipinski definition) is 1. The van der Waals surface area contributed by atoms with E-state index in [-0.39, 0.29) is 17.8 Å². The van der Waals surface area contributed by atoms with Crippen LogP contribution in [0.1, 0.15) is 18.1 Å². The van der Waals surface area contributed by atoms with E-state index in [1.807, 2.05) is 0 Å². The zero-order valence-corrected chi connectivity index (χ0v) is 8.91. The molecule has 7 heteroatoms. The lowest BCUT2D eigenvalue weighted by Gasteiger charge is -2.41. The van der Waals surface area contributed by atoms with Gasteiger partial charge in [-0.3, -0.25) is 19.6 Å². The zero-order chi connectivity index (χ0) is 12.2. The van der Waals surface area contributed by atoms with Crippen LogP contribution < -0.4 is 5.73 Å². The van der Waals surface area contributed by atoms with Crippen LogP contribution in [-0.2, 0) is 15.4 Å². The number of nitrogens with zero attached hydrogens (tertiary/aromatic N) is 2. The Morgan fingerprint density at radius 1 is 1.53 bits per heavy atom. The van der Waals surface area contributed by atoms with Gasteiger partial charge in [-0.2, -0.15) is 0 Å². The average Bonchev–Trinajstić information content (AvgIpc) is 2.52. The Morgan fingerprint density at radius 2 is 2.24 bits per heavy atom. The summed E-state index contributed by atoms with van der Waals surface area (Å²) >= 11 is 0. The van der Waals surface area contributed by atoms with Crippen LogP contribution in [-0.4, -0.2) is 17.0 Å². The highest BCUT2D eigenvalue weighted by atomic mass is 16.9. The molecule has 0 aliphatic carbocycles. The molecule has 2 aliphatic rings. The predicted octanol–water partition coefficient (Wildman–Crippen LogP) is 0.817. The molecule has 2 N–H and O–H groups in total. The fraction of sp³-hybridized carbons (Fsp3) is 0.300. The number of nitro groups is 1. The summed E-state index contributed by atoms with van der Waals surface area (Å²) in [5.41, 5.74) is 6.78. The lowest BCUT2D eigenvalue weighted by atomic mass is 10.0. The van der Waals surface area contributed by atoms with Crippen molar-refractivity contribution in [2.24, 2.45) is 10.7 Å². The van der Waals surface area contributed by atoms with Gasteiger partial charge in [0.05, 0.1) is 4.92 Å². The number of benzene rings is 1. The van der Waals surface area contributed by atoms with Crippen molar-refractivity contribution < 1.29 is 14.4 Å². The van der Waals surface area contributed by atoms with Crippen molar-refractivity contribution in [3.63, 3.8) is 0 Å². The van der Waals surface area contributed by atoms with Crippen molar-refractivity contribution in [1.29, 1.82) is 0 Å². The number of ether oxygens (including phenoxy) is 2. The third-order valence-electron chi connectivity index (χ3n) is 2.75. The van der Waals surface area contributed by atoms with Gasteiger partial charge < -0.3 is 5.73 Å². The van der Waals surface area contributed by atoms with Crippen LogP contribution in [0.15, 0.2) is 23.2 Å². The maximum Gasteiger partial charge on any atom is 0.304 e. The van der Waals surface area contributed by atoms with E-state index in [0.29, 0.717) is 11.1 Å². The molecule has 2 heterocycles. The molecule has 0 bridgehead atoms. The molecule has 1 aromatic carbocycles. The van der Waals surface area contributed by atoms with Gasteiger partial charge in [0.25, 0.3) is 5.69 Å². The van der Waals surface area contributed by atoms with E-state index in [9.17, 15) is 10.1 Å². The first-order valence-electron chi connectivity index (χ1n) is 5.02. The average molecular weight is 235 g/mol. The molecular weight excluding hydrogens is 226 g/mol. The first kappa shape index (κ1) is 10.2. The second kappa shape index (κ2) is 3.02. The molecule has 0 radical (unpaired) electrons. The second-order valence-electron chi connectivity index (χ2n) is 3.87. The third-order valence-corrected chi connectivity index (χ3v) is 2.75. The molecule has 2 aliphatic heterocycles. The monoisotopic (exact) mass is 235 g/mol. The van der Waals surface area contributed by atoms with Crippen LogP contribution in [0.3, 0.4) is 0 Å². The molecule has 0 amide bonds. The molecular formula is C10H9N3O4. The molecule has 17 heavy (non-hydrogen) atoms. The SMILES string of the molecule is CC1OC2(N=C(N)c3cc([N+](=O)[O-])ccc32)O1. The Hall–Kier alpha value is -1.99.